The van der Waals surface area contributed by atoms with E-state index in [9.17, 15) is 0 Å². The molecule has 0 heterocycles. The van der Waals surface area contributed by atoms with Crippen LogP contribution in [0, 0.1) is 3.57 Å². The molecule has 96 valence electrons. The summed E-state index contributed by atoms with van der Waals surface area (Å²) in [5, 5.41) is 3.47. The normalized spacial score (nSPS) is 10.5. The van der Waals surface area contributed by atoms with Crippen LogP contribution in [0.4, 0.5) is 5.69 Å². The number of anilines is 1. The Morgan fingerprint density at radius 3 is 2.53 bits per heavy atom. The summed E-state index contributed by atoms with van der Waals surface area (Å²) in [5.74, 6) is 0. The molecule has 0 atom stereocenters. The lowest BCUT2D eigenvalue weighted by molar-refractivity contribution is 0.617. The van der Waals surface area contributed by atoms with Crippen LogP contribution in [0.25, 0.3) is 0 Å². The maximum Gasteiger partial charge on any atom is 0.0352 e. The lowest BCUT2D eigenvalue weighted by Crippen LogP contribution is -2.01. The highest BCUT2D eigenvalue weighted by Crippen LogP contribution is 2.22. The summed E-state index contributed by atoms with van der Waals surface area (Å²) in [5.41, 5.74) is 1.21. The van der Waals surface area contributed by atoms with Gasteiger partial charge in [0.1, 0.15) is 0 Å². The van der Waals surface area contributed by atoms with E-state index >= 15 is 0 Å². The molecule has 0 aliphatic heterocycles. The van der Waals surface area contributed by atoms with Crippen molar-refractivity contribution in [1.82, 2.24) is 0 Å². The van der Waals surface area contributed by atoms with E-state index in [2.05, 4.69) is 69.0 Å². The molecule has 1 nitrogen and oxygen atoms in total. The summed E-state index contributed by atoms with van der Waals surface area (Å²) < 4.78 is 2.43. The van der Waals surface area contributed by atoms with Gasteiger partial charge in [-0.25, -0.2) is 0 Å². The summed E-state index contributed by atoms with van der Waals surface area (Å²) in [6, 6.07) is 6.43. The van der Waals surface area contributed by atoms with E-state index < -0.39 is 0 Å². The fourth-order valence-electron chi connectivity index (χ4n) is 1.74. The summed E-state index contributed by atoms with van der Waals surface area (Å²) in [6.07, 6.45) is 8.11. The van der Waals surface area contributed by atoms with Crippen LogP contribution in [0.2, 0.25) is 0 Å². The minimum absolute atomic E-state index is 1.08. The number of benzene rings is 1. The maximum absolute atomic E-state index is 3.55. The maximum atomic E-state index is 3.55. The Bertz CT molecular complexity index is 328. The zero-order valence-corrected chi connectivity index (χ0v) is 14.2. The van der Waals surface area contributed by atoms with Crippen molar-refractivity contribution < 1.29 is 0 Å². The van der Waals surface area contributed by atoms with Crippen molar-refractivity contribution in [2.45, 2.75) is 45.4 Å². The third-order valence-electron chi connectivity index (χ3n) is 2.78. The first-order chi connectivity index (χ1) is 8.24. The molecule has 0 radical (unpaired) electrons. The number of rotatable bonds is 8. The topological polar surface area (TPSA) is 12.0 Å². The third-order valence-corrected chi connectivity index (χ3v) is 5.12. The van der Waals surface area contributed by atoms with Crippen LogP contribution in [0.3, 0.4) is 0 Å². The van der Waals surface area contributed by atoms with Gasteiger partial charge in [0.25, 0.3) is 0 Å². The zero-order chi connectivity index (χ0) is 12.5. The Morgan fingerprint density at radius 2 is 1.82 bits per heavy atom. The lowest BCUT2D eigenvalue weighted by Gasteiger charge is -2.07. The fourth-order valence-corrected chi connectivity index (χ4v) is 2.46. The molecule has 3 heteroatoms. The van der Waals surface area contributed by atoms with Crippen molar-refractivity contribution in [3.63, 3.8) is 0 Å². The van der Waals surface area contributed by atoms with Gasteiger partial charge in [-0.3, -0.25) is 0 Å². The molecule has 17 heavy (non-hydrogen) atoms. The fraction of sp³-hybridized carbons (Fsp3) is 0.571. The SMILES string of the molecule is CCCCCCCCNc1ccc(I)c(Br)c1. The number of hydrogen-bond acceptors (Lipinski definition) is 1. The average Bonchev–Trinajstić information content (AvgIpc) is 2.32. The Hall–Kier alpha value is 0.230. The van der Waals surface area contributed by atoms with E-state index in [1.54, 1.807) is 0 Å². The summed E-state index contributed by atoms with van der Waals surface area (Å²) >= 11 is 5.88. The molecule has 1 aromatic rings. The Balaban J connectivity index is 2.11. The van der Waals surface area contributed by atoms with Gasteiger partial charge in [0.15, 0.2) is 0 Å². The molecule has 0 fully saturated rings. The van der Waals surface area contributed by atoms with Crippen molar-refractivity contribution in [3.05, 3.63) is 26.2 Å². The van der Waals surface area contributed by atoms with E-state index in [0.717, 1.165) is 6.54 Å². The molecule has 1 aromatic carbocycles. The second kappa shape index (κ2) is 9.20. The number of nitrogens with one attached hydrogen (secondary N) is 1. The summed E-state index contributed by atoms with van der Waals surface area (Å²) in [7, 11) is 0. The zero-order valence-electron chi connectivity index (χ0n) is 10.4. The van der Waals surface area contributed by atoms with Crippen molar-refractivity contribution in [3.8, 4) is 0 Å². The number of hydrogen-bond donors (Lipinski definition) is 1. The molecule has 0 aromatic heterocycles. The third kappa shape index (κ3) is 6.65. The standard InChI is InChI=1S/C14H21BrIN/c1-2-3-4-5-6-7-10-17-12-8-9-14(16)13(15)11-12/h8-9,11,17H,2-7,10H2,1H3. The second-order valence-corrected chi connectivity index (χ2v) is 6.34. The van der Waals surface area contributed by atoms with Gasteiger partial charge in [0, 0.05) is 20.3 Å². The van der Waals surface area contributed by atoms with Gasteiger partial charge in [0.05, 0.1) is 0 Å². The first kappa shape index (κ1) is 15.3. The first-order valence-corrected chi connectivity index (χ1v) is 8.30. The summed E-state index contributed by atoms with van der Waals surface area (Å²) in [4.78, 5) is 0. The second-order valence-electron chi connectivity index (χ2n) is 4.32. The highest BCUT2D eigenvalue weighted by molar-refractivity contribution is 14.1. The molecule has 0 bridgehead atoms. The monoisotopic (exact) mass is 409 g/mol. The molecule has 0 amide bonds. The van der Waals surface area contributed by atoms with Gasteiger partial charge in [-0.1, -0.05) is 39.0 Å². The van der Waals surface area contributed by atoms with E-state index in [1.165, 1.54) is 52.3 Å². The van der Waals surface area contributed by atoms with Crippen LogP contribution in [-0.2, 0) is 0 Å². The molecular formula is C14H21BrIN. The predicted octanol–water partition coefficient (Wildman–Crippen LogP) is 5.83. The van der Waals surface area contributed by atoms with Gasteiger partial charge in [-0.2, -0.15) is 0 Å². The van der Waals surface area contributed by atoms with Crippen LogP contribution >= 0.6 is 38.5 Å². The van der Waals surface area contributed by atoms with Gasteiger partial charge in [-0.15, -0.1) is 0 Å². The van der Waals surface area contributed by atoms with E-state index in [-0.39, 0.29) is 0 Å². The smallest absolute Gasteiger partial charge is 0.0352 e. The molecule has 1 N–H and O–H groups in total. The quantitative estimate of drug-likeness (QED) is 0.421. The Kier molecular flexibility index (Phi) is 8.27. The minimum Gasteiger partial charge on any atom is -0.385 e. The Labute approximate surface area is 127 Å². The molecule has 0 saturated heterocycles. The lowest BCUT2D eigenvalue weighted by atomic mass is 10.1. The summed E-state index contributed by atoms with van der Waals surface area (Å²) in [6.45, 7) is 3.34. The number of halogens is 2. The molecule has 0 unspecified atom stereocenters. The van der Waals surface area contributed by atoms with Crippen LogP contribution < -0.4 is 5.32 Å². The molecule has 0 saturated carbocycles. The van der Waals surface area contributed by atoms with Crippen LogP contribution in [-0.4, -0.2) is 6.54 Å². The molecular weight excluding hydrogens is 389 g/mol. The Morgan fingerprint density at radius 1 is 1.12 bits per heavy atom. The largest absolute Gasteiger partial charge is 0.385 e. The van der Waals surface area contributed by atoms with Gasteiger partial charge in [-0.05, 0) is 63.1 Å². The molecule has 0 aliphatic carbocycles. The van der Waals surface area contributed by atoms with Crippen molar-refractivity contribution in [2.24, 2.45) is 0 Å². The van der Waals surface area contributed by atoms with Crippen LogP contribution in [0.15, 0.2) is 22.7 Å². The number of unbranched alkanes of at least 4 members (excludes halogenated alkanes) is 5. The van der Waals surface area contributed by atoms with Crippen LogP contribution in [0.1, 0.15) is 45.4 Å². The molecule has 1 rings (SSSR count). The van der Waals surface area contributed by atoms with Crippen molar-refractivity contribution in [2.75, 3.05) is 11.9 Å². The average molecular weight is 410 g/mol. The van der Waals surface area contributed by atoms with Crippen molar-refractivity contribution >= 4 is 44.2 Å². The van der Waals surface area contributed by atoms with E-state index in [1.807, 2.05) is 0 Å². The van der Waals surface area contributed by atoms with Gasteiger partial charge < -0.3 is 5.32 Å². The van der Waals surface area contributed by atoms with Crippen molar-refractivity contribution in [1.29, 1.82) is 0 Å². The highest BCUT2D eigenvalue weighted by atomic mass is 127. The highest BCUT2D eigenvalue weighted by Gasteiger charge is 1.97. The minimum atomic E-state index is 1.08. The predicted molar refractivity (Wildman–Crippen MR) is 88.7 cm³/mol. The van der Waals surface area contributed by atoms with E-state index in [4.69, 9.17) is 0 Å². The molecule has 0 aliphatic rings. The van der Waals surface area contributed by atoms with Gasteiger partial charge in [0.2, 0.25) is 0 Å². The van der Waals surface area contributed by atoms with Gasteiger partial charge >= 0.3 is 0 Å². The van der Waals surface area contributed by atoms with E-state index in [0.29, 0.717) is 0 Å². The first-order valence-electron chi connectivity index (χ1n) is 6.43. The molecule has 0 spiro atoms. The van der Waals surface area contributed by atoms with Crippen LogP contribution in [0.5, 0.6) is 0 Å².